The van der Waals surface area contributed by atoms with Gasteiger partial charge >= 0.3 is 0 Å². The summed E-state index contributed by atoms with van der Waals surface area (Å²) in [5.74, 6) is 0.277. The lowest BCUT2D eigenvalue weighted by molar-refractivity contribution is 0.475. The second-order valence-electron chi connectivity index (χ2n) is 5.53. The van der Waals surface area contributed by atoms with Gasteiger partial charge in [-0.2, -0.15) is 0 Å². The lowest BCUT2D eigenvalue weighted by atomic mass is 9.86. The molecule has 18 heavy (non-hydrogen) atoms. The first-order valence-electron chi connectivity index (χ1n) is 5.97. The molecule has 0 aromatic heterocycles. The largest absolute Gasteiger partial charge is 0.508 e. The van der Waals surface area contributed by atoms with E-state index in [4.69, 9.17) is 0 Å². The molecule has 0 amide bonds. The molecule has 2 rings (SSSR count). The third kappa shape index (κ3) is 2.94. The summed E-state index contributed by atoms with van der Waals surface area (Å²) in [6.07, 6.45) is 0. The van der Waals surface area contributed by atoms with Crippen LogP contribution in [0.1, 0.15) is 26.3 Å². The van der Waals surface area contributed by atoms with Crippen LogP contribution in [0.4, 0.5) is 0 Å². The third-order valence-corrected chi connectivity index (χ3v) is 3.42. The molecule has 0 saturated heterocycles. The predicted molar refractivity (Wildman–Crippen MR) is 79.9 cm³/mol. The highest BCUT2D eigenvalue weighted by molar-refractivity contribution is 9.10. The fourth-order valence-electron chi connectivity index (χ4n) is 1.90. The lowest BCUT2D eigenvalue weighted by Gasteiger charge is -2.19. The van der Waals surface area contributed by atoms with Gasteiger partial charge in [0.2, 0.25) is 0 Å². The molecule has 2 aromatic rings. The minimum absolute atomic E-state index is 0.165. The van der Waals surface area contributed by atoms with E-state index in [0.717, 1.165) is 15.6 Å². The molecule has 0 atom stereocenters. The second kappa shape index (κ2) is 4.77. The molecule has 0 spiro atoms. The monoisotopic (exact) mass is 304 g/mol. The third-order valence-electron chi connectivity index (χ3n) is 2.97. The molecule has 1 nitrogen and oxygen atoms in total. The van der Waals surface area contributed by atoms with E-state index in [1.54, 1.807) is 12.1 Å². The molecular weight excluding hydrogens is 288 g/mol. The van der Waals surface area contributed by atoms with Crippen LogP contribution < -0.4 is 0 Å². The van der Waals surface area contributed by atoms with Crippen molar-refractivity contribution in [2.75, 3.05) is 0 Å². The van der Waals surface area contributed by atoms with Gasteiger partial charge in [-0.1, -0.05) is 61.0 Å². The van der Waals surface area contributed by atoms with Crippen molar-refractivity contribution in [3.8, 4) is 16.9 Å². The molecule has 0 aliphatic heterocycles. The molecule has 1 N–H and O–H groups in total. The number of phenolic OH excluding ortho intramolecular Hbond substituents is 1. The molecule has 0 bridgehead atoms. The highest BCUT2D eigenvalue weighted by atomic mass is 79.9. The maximum absolute atomic E-state index is 9.61. The topological polar surface area (TPSA) is 20.2 Å². The summed E-state index contributed by atoms with van der Waals surface area (Å²) in [7, 11) is 0. The summed E-state index contributed by atoms with van der Waals surface area (Å²) < 4.78 is 0.886. The summed E-state index contributed by atoms with van der Waals surface area (Å²) in [6, 6.07) is 14.0. The van der Waals surface area contributed by atoms with Crippen LogP contribution in [0.25, 0.3) is 11.1 Å². The zero-order valence-corrected chi connectivity index (χ0v) is 12.5. The number of benzene rings is 2. The second-order valence-corrected chi connectivity index (χ2v) is 6.44. The fourth-order valence-corrected chi connectivity index (χ4v) is 2.38. The van der Waals surface area contributed by atoms with Crippen LogP contribution in [0.15, 0.2) is 46.9 Å². The van der Waals surface area contributed by atoms with Crippen LogP contribution >= 0.6 is 15.9 Å². The fraction of sp³-hybridized carbons (Fsp3) is 0.250. The van der Waals surface area contributed by atoms with Crippen LogP contribution in [0.5, 0.6) is 5.75 Å². The molecule has 0 saturated carbocycles. The lowest BCUT2D eigenvalue weighted by Crippen LogP contribution is -2.10. The quantitative estimate of drug-likeness (QED) is 0.775. The van der Waals surface area contributed by atoms with Gasteiger partial charge in [0.1, 0.15) is 5.75 Å². The van der Waals surface area contributed by atoms with Crippen molar-refractivity contribution in [3.63, 3.8) is 0 Å². The van der Waals surface area contributed by atoms with Crippen LogP contribution in [-0.2, 0) is 5.41 Å². The summed E-state index contributed by atoms with van der Waals surface area (Å²) >= 11 is 3.40. The van der Waals surface area contributed by atoms with E-state index in [9.17, 15) is 5.11 Å². The number of aromatic hydroxyl groups is 1. The Morgan fingerprint density at radius 1 is 0.889 bits per heavy atom. The van der Waals surface area contributed by atoms with Gasteiger partial charge in [0.15, 0.2) is 0 Å². The molecule has 94 valence electrons. The maximum atomic E-state index is 9.61. The molecule has 0 fully saturated rings. The van der Waals surface area contributed by atoms with E-state index in [0.29, 0.717) is 0 Å². The Hall–Kier alpha value is -1.28. The van der Waals surface area contributed by atoms with E-state index in [1.165, 1.54) is 5.56 Å². The van der Waals surface area contributed by atoms with Gasteiger partial charge in [-0.3, -0.25) is 0 Å². The van der Waals surface area contributed by atoms with Crippen molar-refractivity contribution in [1.29, 1.82) is 0 Å². The van der Waals surface area contributed by atoms with Crippen molar-refractivity contribution in [2.24, 2.45) is 0 Å². The summed E-state index contributed by atoms with van der Waals surface area (Å²) in [6.45, 7) is 6.60. The standard InChI is InChI=1S/C16H17BrO/c1-16(2,3)13-6-4-11(5-7-13)12-8-14(17)10-15(18)9-12/h4-10,18H,1-3H3. The van der Waals surface area contributed by atoms with Gasteiger partial charge in [-0.05, 0) is 40.3 Å². The Labute approximate surface area is 117 Å². The van der Waals surface area contributed by atoms with Gasteiger partial charge in [-0.25, -0.2) is 0 Å². The minimum Gasteiger partial charge on any atom is -0.508 e. The zero-order chi connectivity index (χ0) is 13.3. The summed E-state index contributed by atoms with van der Waals surface area (Å²) in [5, 5.41) is 9.61. The van der Waals surface area contributed by atoms with Crippen LogP contribution in [0.2, 0.25) is 0 Å². The van der Waals surface area contributed by atoms with E-state index in [1.807, 2.05) is 6.07 Å². The van der Waals surface area contributed by atoms with Crippen molar-refractivity contribution in [1.82, 2.24) is 0 Å². The highest BCUT2D eigenvalue weighted by Crippen LogP contribution is 2.30. The summed E-state index contributed by atoms with van der Waals surface area (Å²) in [5.41, 5.74) is 3.60. The van der Waals surface area contributed by atoms with Crippen molar-refractivity contribution < 1.29 is 5.11 Å². The zero-order valence-electron chi connectivity index (χ0n) is 10.9. The smallest absolute Gasteiger partial charge is 0.117 e. The van der Waals surface area contributed by atoms with Crippen molar-refractivity contribution >= 4 is 15.9 Å². The van der Waals surface area contributed by atoms with Crippen LogP contribution in [-0.4, -0.2) is 5.11 Å². The van der Waals surface area contributed by atoms with Crippen LogP contribution in [0, 0.1) is 0 Å². The summed E-state index contributed by atoms with van der Waals surface area (Å²) in [4.78, 5) is 0. The normalized spacial score (nSPS) is 11.6. The van der Waals surface area contributed by atoms with E-state index < -0.39 is 0 Å². The molecule has 2 heteroatoms. The van der Waals surface area contributed by atoms with E-state index in [-0.39, 0.29) is 11.2 Å². The number of phenols is 1. The average molecular weight is 305 g/mol. The molecule has 2 aromatic carbocycles. The highest BCUT2D eigenvalue weighted by Gasteiger charge is 2.13. The van der Waals surface area contributed by atoms with Gasteiger partial charge in [0, 0.05) is 4.47 Å². The predicted octanol–water partition coefficient (Wildman–Crippen LogP) is 5.12. The van der Waals surface area contributed by atoms with Crippen LogP contribution in [0.3, 0.4) is 0 Å². The van der Waals surface area contributed by atoms with E-state index in [2.05, 4.69) is 61.0 Å². The first-order chi connectivity index (χ1) is 8.36. The first kappa shape index (κ1) is 13.2. The molecule has 0 heterocycles. The molecular formula is C16H17BrO. The SMILES string of the molecule is CC(C)(C)c1ccc(-c2cc(O)cc(Br)c2)cc1. The Bertz CT molecular complexity index is 530. The molecule has 0 unspecified atom stereocenters. The minimum atomic E-state index is 0.165. The maximum Gasteiger partial charge on any atom is 0.117 e. The number of hydrogen-bond acceptors (Lipinski definition) is 1. The van der Waals surface area contributed by atoms with Crippen molar-refractivity contribution in [3.05, 3.63) is 52.5 Å². The van der Waals surface area contributed by atoms with Gasteiger partial charge in [0.25, 0.3) is 0 Å². The molecule has 0 aliphatic rings. The Morgan fingerprint density at radius 3 is 2.00 bits per heavy atom. The Balaban J connectivity index is 2.40. The Kier molecular flexibility index (Phi) is 3.49. The number of hydrogen-bond donors (Lipinski definition) is 1. The van der Waals surface area contributed by atoms with Gasteiger partial charge in [0.05, 0.1) is 0 Å². The number of rotatable bonds is 1. The molecule has 0 radical (unpaired) electrons. The Morgan fingerprint density at radius 2 is 1.50 bits per heavy atom. The van der Waals surface area contributed by atoms with Gasteiger partial charge in [-0.15, -0.1) is 0 Å². The number of halogens is 1. The van der Waals surface area contributed by atoms with Gasteiger partial charge < -0.3 is 5.11 Å². The molecule has 0 aliphatic carbocycles. The first-order valence-corrected chi connectivity index (χ1v) is 6.76. The average Bonchev–Trinajstić information content (AvgIpc) is 2.27. The van der Waals surface area contributed by atoms with E-state index >= 15 is 0 Å². The van der Waals surface area contributed by atoms with Crippen molar-refractivity contribution in [2.45, 2.75) is 26.2 Å².